The van der Waals surface area contributed by atoms with E-state index in [1.54, 1.807) is 23.1 Å². The molecule has 2 atom stereocenters. The fourth-order valence-electron chi connectivity index (χ4n) is 3.54. The first kappa shape index (κ1) is 22.8. The molecule has 2 aromatic carbocycles. The Morgan fingerprint density at radius 3 is 2.73 bits per heavy atom. The van der Waals surface area contributed by atoms with Crippen molar-refractivity contribution in [3.63, 3.8) is 0 Å². The molecule has 1 aliphatic heterocycles. The number of hydrogen-bond donors (Lipinski definition) is 2. The third-order valence-electron chi connectivity index (χ3n) is 5.25. The van der Waals surface area contributed by atoms with Crippen LogP contribution in [0.5, 0.6) is 5.75 Å². The van der Waals surface area contributed by atoms with Gasteiger partial charge in [-0.15, -0.1) is 0 Å². The molecule has 2 N–H and O–H groups in total. The molecule has 1 saturated heterocycles. The molecule has 30 heavy (non-hydrogen) atoms. The lowest BCUT2D eigenvalue weighted by Gasteiger charge is -2.41. The number of amides is 1. The molecule has 1 amide bonds. The number of hydrogen-bond acceptors (Lipinski definition) is 5. The highest BCUT2D eigenvalue weighted by atomic mass is 35.5. The highest BCUT2D eigenvalue weighted by molar-refractivity contribution is 6.35. The van der Waals surface area contributed by atoms with E-state index in [-0.39, 0.29) is 41.7 Å². The van der Waals surface area contributed by atoms with Gasteiger partial charge in [-0.25, -0.2) is 4.39 Å². The van der Waals surface area contributed by atoms with Crippen LogP contribution in [0.15, 0.2) is 36.4 Å². The molecular weight excluding hydrogens is 434 g/mol. The largest absolute Gasteiger partial charge is 0.495 e. The van der Waals surface area contributed by atoms with Crippen molar-refractivity contribution in [1.29, 1.82) is 0 Å². The molecule has 1 fully saturated rings. The molecular formula is C21H23Cl2FN2O4. The molecule has 3 rings (SSSR count). The number of β-amino-alcohol motifs (C(OH)–C–C–N with tert-alkyl or cyclic N) is 1. The SMILES string of the molecule is COc1cccc(C(=O)N2CCN(CC(O)c3ccc(F)c(Cl)c3)C(CO)C2)c1Cl. The number of ether oxygens (including phenoxy) is 1. The van der Waals surface area contributed by atoms with E-state index in [1.165, 1.54) is 25.3 Å². The number of aliphatic hydroxyl groups is 2. The van der Waals surface area contributed by atoms with Crippen LogP contribution >= 0.6 is 23.2 Å². The Balaban J connectivity index is 1.69. The first-order valence-corrected chi connectivity index (χ1v) is 10.2. The zero-order valence-electron chi connectivity index (χ0n) is 16.4. The van der Waals surface area contributed by atoms with Crippen LogP contribution in [0.2, 0.25) is 10.0 Å². The van der Waals surface area contributed by atoms with Crippen molar-refractivity contribution in [1.82, 2.24) is 9.80 Å². The molecule has 0 radical (unpaired) electrons. The van der Waals surface area contributed by atoms with E-state index >= 15 is 0 Å². The lowest BCUT2D eigenvalue weighted by molar-refractivity contribution is 0.0106. The van der Waals surface area contributed by atoms with Gasteiger partial charge in [-0.3, -0.25) is 9.69 Å². The highest BCUT2D eigenvalue weighted by Crippen LogP contribution is 2.29. The Bertz CT molecular complexity index is 915. The number of carbonyl (C=O) groups excluding carboxylic acids is 1. The Morgan fingerprint density at radius 1 is 1.30 bits per heavy atom. The van der Waals surface area contributed by atoms with Crippen molar-refractivity contribution in [3.05, 3.63) is 63.4 Å². The fraction of sp³-hybridized carbons (Fsp3) is 0.381. The second-order valence-corrected chi connectivity index (χ2v) is 7.88. The van der Waals surface area contributed by atoms with Crippen LogP contribution in [0, 0.1) is 5.82 Å². The number of rotatable bonds is 6. The summed E-state index contributed by atoms with van der Waals surface area (Å²) < 4.78 is 18.5. The number of piperazine rings is 1. The maximum Gasteiger partial charge on any atom is 0.255 e. The van der Waals surface area contributed by atoms with E-state index in [0.717, 1.165) is 0 Å². The van der Waals surface area contributed by atoms with Crippen LogP contribution in [-0.2, 0) is 0 Å². The average molecular weight is 457 g/mol. The van der Waals surface area contributed by atoms with Crippen LogP contribution in [0.1, 0.15) is 22.0 Å². The molecule has 162 valence electrons. The minimum absolute atomic E-state index is 0.0594. The summed E-state index contributed by atoms with van der Waals surface area (Å²) in [7, 11) is 1.48. The van der Waals surface area contributed by atoms with E-state index in [4.69, 9.17) is 27.9 Å². The van der Waals surface area contributed by atoms with Crippen molar-refractivity contribution in [3.8, 4) is 5.75 Å². The van der Waals surface area contributed by atoms with Crippen molar-refractivity contribution in [2.75, 3.05) is 39.9 Å². The number of aliphatic hydroxyl groups excluding tert-OH is 2. The predicted octanol–water partition coefficient (Wildman–Crippen LogP) is 2.99. The minimum atomic E-state index is -0.910. The summed E-state index contributed by atoms with van der Waals surface area (Å²) in [6, 6.07) is 8.72. The topological polar surface area (TPSA) is 73.2 Å². The summed E-state index contributed by atoms with van der Waals surface area (Å²) >= 11 is 12.1. The van der Waals surface area contributed by atoms with Crippen LogP contribution in [0.25, 0.3) is 0 Å². The molecule has 0 aromatic heterocycles. The third kappa shape index (κ3) is 4.87. The second-order valence-electron chi connectivity index (χ2n) is 7.09. The summed E-state index contributed by atoms with van der Waals surface area (Å²) in [4.78, 5) is 16.5. The van der Waals surface area contributed by atoms with Crippen molar-refractivity contribution in [2.24, 2.45) is 0 Å². The maximum absolute atomic E-state index is 13.4. The first-order chi connectivity index (χ1) is 14.3. The number of carbonyl (C=O) groups is 1. The minimum Gasteiger partial charge on any atom is -0.495 e. The molecule has 0 saturated carbocycles. The second kappa shape index (κ2) is 9.94. The Hall–Kier alpha value is -1.90. The van der Waals surface area contributed by atoms with Gasteiger partial charge in [0.05, 0.1) is 41.5 Å². The summed E-state index contributed by atoms with van der Waals surface area (Å²) in [6.45, 7) is 1.16. The van der Waals surface area contributed by atoms with E-state index in [0.29, 0.717) is 30.0 Å². The summed E-state index contributed by atoms with van der Waals surface area (Å²) in [5.41, 5.74) is 0.821. The first-order valence-electron chi connectivity index (χ1n) is 9.45. The van der Waals surface area contributed by atoms with Crippen molar-refractivity contribution >= 4 is 29.1 Å². The Labute approximate surface area is 184 Å². The quantitative estimate of drug-likeness (QED) is 0.698. The van der Waals surface area contributed by atoms with Gasteiger partial charge in [-0.1, -0.05) is 35.3 Å². The molecule has 1 aliphatic rings. The standard InChI is InChI=1S/C21H23Cl2FN2O4/c1-30-19-4-2-3-15(20(19)23)21(29)26-8-7-25(14(10-26)12-27)11-18(28)13-5-6-17(24)16(22)9-13/h2-6,9,14,18,27-28H,7-8,10-12H2,1H3. The number of benzene rings is 2. The lowest BCUT2D eigenvalue weighted by Crippen LogP contribution is -2.56. The lowest BCUT2D eigenvalue weighted by atomic mass is 10.1. The fourth-order valence-corrected chi connectivity index (χ4v) is 4.02. The molecule has 1 heterocycles. The Kier molecular flexibility index (Phi) is 7.55. The smallest absolute Gasteiger partial charge is 0.255 e. The molecule has 6 nitrogen and oxygen atoms in total. The Morgan fingerprint density at radius 2 is 2.07 bits per heavy atom. The number of methoxy groups -OCH3 is 1. The van der Waals surface area contributed by atoms with Gasteiger partial charge in [0.1, 0.15) is 11.6 Å². The monoisotopic (exact) mass is 456 g/mol. The van der Waals surface area contributed by atoms with E-state index in [2.05, 4.69) is 0 Å². The van der Waals surface area contributed by atoms with E-state index < -0.39 is 11.9 Å². The predicted molar refractivity (Wildman–Crippen MR) is 113 cm³/mol. The number of nitrogens with zero attached hydrogens (tertiary/aromatic N) is 2. The molecule has 2 aromatic rings. The van der Waals surface area contributed by atoms with Gasteiger partial charge in [0.2, 0.25) is 0 Å². The van der Waals surface area contributed by atoms with Crippen molar-refractivity contribution in [2.45, 2.75) is 12.1 Å². The van der Waals surface area contributed by atoms with Crippen LogP contribution < -0.4 is 4.74 Å². The van der Waals surface area contributed by atoms with E-state index in [1.807, 2.05) is 4.90 Å². The van der Waals surface area contributed by atoms with Gasteiger partial charge < -0.3 is 19.8 Å². The normalized spacial score (nSPS) is 18.3. The van der Waals surface area contributed by atoms with Gasteiger partial charge in [-0.05, 0) is 29.8 Å². The molecule has 9 heteroatoms. The van der Waals surface area contributed by atoms with Gasteiger partial charge in [0.15, 0.2) is 0 Å². The van der Waals surface area contributed by atoms with Crippen LogP contribution in [0.3, 0.4) is 0 Å². The zero-order valence-corrected chi connectivity index (χ0v) is 17.9. The molecule has 0 aliphatic carbocycles. The van der Waals surface area contributed by atoms with Crippen LogP contribution in [-0.4, -0.2) is 71.9 Å². The van der Waals surface area contributed by atoms with Gasteiger partial charge in [0.25, 0.3) is 5.91 Å². The van der Waals surface area contributed by atoms with Gasteiger partial charge in [-0.2, -0.15) is 0 Å². The summed E-state index contributed by atoms with van der Waals surface area (Å²) in [5.74, 6) is -0.381. The summed E-state index contributed by atoms with van der Waals surface area (Å²) in [6.07, 6.45) is -0.910. The molecule has 0 spiro atoms. The highest BCUT2D eigenvalue weighted by Gasteiger charge is 2.32. The zero-order chi connectivity index (χ0) is 21.8. The van der Waals surface area contributed by atoms with E-state index in [9.17, 15) is 19.4 Å². The maximum atomic E-state index is 13.4. The van der Waals surface area contributed by atoms with Crippen LogP contribution in [0.4, 0.5) is 4.39 Å². The number of halogens is 3. The molecule has 0 bridgehead atoms. The average Bonchev–Trinajstić information content (AvgIpc) is 2.75. The third-order valence-corrected chi connectivity index (χ3v) is 5.93. The van der Waals surface area contributed by atoms with Gasteiger partial charge in [0, 0.05) is 26.2 Å². The summed E-state index contributed by atoms with van der Waals surface area (Å²) in [5, 5.41) is 20.6. The van der Waals surface area contributed by atoms with Gasteiger partial charge >= 0.3 is 0 Å². The van der Waals surface area contributed by atoms with Crippen molar-refractivity contribution < 1.29 is 24.1 Å². The molecule has 2 unspecified atom stereocenters.